The summed E-state index contributed by atoms with van der Waals surface area (Å²) < 4.78 is 39.8. The summed E-state index contributed by atoms with van der Waals surface area (Å²) in [5.41, 5.74) is 8.82. The number of nitrogens with zero attached hydrogens (tertiary/aromatic N) is 3. The topological polar surface area (TPSA) is 76.7 Å². The quantitative estimate of drug-likeness (QED) is 0.353. The molecule has 0 saturated heterocycles. The van der Waals surface area contributed by atoms with Crippen molar-refractivity contribution in [1.82, 2.24) is 15.0 Å². The van der Waals surface area contributed by atoms with Crippen LogP contribution in [0.2, 0.25) is 0 Å². The molecule has 3 N–H and O–H groups in total. The molecule has 5 nitrogen and oxygen atoms in total. The summed E-state index contributed by atoms with van der Waals surface area (Å²) in [7, 11) is 0. The van der Waals surface area contributed by atoms with E-state index in [2.05, 4.69) is 20.3 Å². The minimum absolute atomic E-state index is 0.0820. The van der Waals surface area contributed by atoms with Crippen molar-refractivity contribution in [2.45, 2.75) is 19.1 Å². The van der Waals surface area contributed by atoms with Gasteiger partial charge in [0.15, 0.2) is 0 Å². The fourth-order valence-corrected chi connectivity index (χ4v) is 3.65. The second-order valence-electron chi connectivity index (χ2n) is 8.06. The molecule has 2 aromatic carbocycles. The molecule has 4 aromatic rings. The standard InChI is InChI=1S/C26H24F3N5/c1-17(23(30)18-6-3-2-4-7-18)15-32-25-33-16-22(24(34-25)19-10-12-31-13-11-19)20-8-5-9-21(14-20)26(27,28)29/h2-14,16-17,23H,15,30H2,1H3,(H,32,33,34)/t17-,23+/m0/s1. The first-order valence-corrected chi connectivity index (χ1v) is 10.8. The number of benzene rings is 2. The number of halogens is 3. The highest BCUT2D eigenvalue weighted by atomic mass is 19.4. The zero-order chi connectivity index (χ0) is 24.1. The fraction of sp³-hybridized carbons (Fsp3) is 0.192. The molecular formula is C26H24F3N5. The first kappa shape index (κ1) is 23.4. The van der Waals surface area contributed by atoms with Crippen molar-refractivity contribution in [3.8, 4) is 22.4 Å². The van der Waals surface area contributed by atoms with E-state index in [1.807, 2.05) is 37.3 Å². The van der Waals surface area contributed by atoms with Crippen molar-refractivity contribution in [3.05, 3.63) is 96.4 Å². The van der Waals surface area contributed by atoms with Gasteiger partial charge < -0.3 is 11.1 Å². The van der Waals surface area contributed by atoms with Gasteiger partial charge in [-0.25, -0.2) is 9.97 Å². The Labute approximate surface area is 195 Å². The maximum Gasteiger partial charge on any atom is 0.416 e. The second-order valence-corrected chi connectivity index (χ2v) is 8.06. The predicted molar refractivity (Wildman–Crippen MR) is 127 cm³/mol. The van der Waals surface area contributed by atoms with E-state index in [9.17, 15) is 13.2 Å². The summed E-state index contributed by atoms with van der Waals surface area (Å²) >= 11 is 0. The van der Waals surface area contributed by atoms with Crippen LogP contribution in [0.3, 0.4) is 0 Å². The Morgan fingerprint density at radius 2 is 1.68 bits per heavy atom. The van der Waals surface area contributed by atoms with Crippen molar-refractivity contribution < 1.29 is 13.2 Å². The van der Waals surface area contributed by atoms with Gasteiger partial charge in [-0.15, -0.1) is 0 Å². The van der Waals surface area contributed by atoms with E-state index in [1.165, 1.54) is 6.07 Å². The van der Waals surface area contributed by atoms with Crippen LogP contribution in [0, 0.1) is 5.92 Å². The third-order valence-electron chi connectivity index (χ3n) is 5.62. The number of alkyl halides is 3. The maximum atomic E-state index is 13.3. The monoisotopic (exact) mass is 463 g/mol. The molecule has 34 heavy (non-hydrogen) atoms. The number of rotatable bonds is 7. The molecule has 4 rings (SSSR count). The molecule has 0 fully saturated rings. The van der Waals surface area contributed by atoms with Gasteiger partial charge in [-0.2, -0.15) is 13.2 Å². The van der Waals surface area contributed by atoms with E-state index in [0.29, 0.717) is 29.3 Å². The van der Waals surface area contributed by atoms with E-state index in [0.717, 1.165) is 23.3 Å². The molecular weight excluding hydrogens is 439 g/mol. The Morgan fingerprint density at radius 3 is 2.38 bits per heavy atom. The van der Waals surface area contributed by atoms with E-state index >= 15 is 0 Å². The molecule has 0 spiro atoms. The Kier molecular flexibility index (Phi) is 6.88. The van der Waals surface area contributed by atoms with Gasteiger partial charge in [0.1, 0.15) is 0 Å². The van der Waals surface area contributed by atoms with Crippen LogP contribution in [-0.4, -0.2) is 21.5 Å². The largest absolute Gasteiger partial charge is 0.416 e. The number of hydrogen-bond acceptors (Lipinski definition) is 5. The van der Waals surface area contributed by atoms with Gasteiger partial charge in [-0.1, -0.05) is 49.4 Å². The van der Waals surface area contributed by atoms with Crippen LogP contribution >= 0.6 is 0 Å². The molecule has 2 heterocycles. The van der Waals surface area contributed by atoms with Gasteiger partial charge in [-0.05, 0) is 41.3 Å². The summed E-state index contributed by atoms with van der Waals surface area (Å²) in [6, 6.07) is 18.3. The van der Waals surface area contributed by atoms with E-state index in [-0.39, 0.29) is 12.0 Å². The lowest BCUT2D eigenvalue weighted by Gasteiger charge is -2.21. The molecule has 0 saturated carbocycles. The number of pyridine rings is 1. The molecule has 174 valence electrons. The van der Waals surface area contributed by atoms with Crippen molar-refractivity contribution in [1.29, 1.82) is 0 Å². The predicted octanol–water partition coefficient (Wildman–Crippen LogP) is 5.97. The Morgan fingerprint density at radius 1 is 0.941 bits per heavy atom. The molecule has 2 atom stereocenters. The zero-order valence-electron chi connectivity index (χ0n) is 18.5. The smallest absolute Gasteiger partial charge is 0.354 e. The van der Waals surface area contributed by atoms with Gasteiger partial charge in [0, 0.05) is 42.3 Å². The number of nitrogens with one attached hydrogen (secondary N) is 1. The number of anilines is 1. The summed E-state index contributed by atoms with van der Waals surface area (Å²) in [5.74, 6) is 0.452. The number of hydrogen-bond donors (Lipinski definition) is 2. The minimum Gasteiger partial charge on any atom is -0.354 e. The van der Waals surface area contributed by atoms with E-state index in [4.69, 9.17) is 5.73 Å². The molecule has 0 bridgehead atoms. The first-order chi connectivity index (χ1) is 16.3. The third kappa shape index (κ3) is 5.40. The molecule has 0 aliphatic rings. The van der Waals surface area contributed by atoms with Crippen molar-refractivity contribution in [2.24, 2.45) is 11.7 Å². The third-order valence-corrected chi connectivity index (χ3v) is 5.62. The molecule has 8 heteroatoms. The molecule has 0 amide bonds. The van der Waals surface area contributed by atoms with Gasteiger partial charge in [0.25, 0.3) is 0 Å². The molecule has 0 aliphatic heterocycles. The van der Waals surface area contributed by atoms with E-state index in [1.54, 1.807) is 36.8 Å². The normalized spacial score (nSPS) is 13.3. The summed E-state index contributed by atoms with van der Waals surface area (Å²) in [4.78, 5) is 13.0. The van der Waals surface area contributed by atoms with E-state index < -0.39 is 11.7 Å². The molecule has 0 unspecified atom stereocenters. The lowest BCUT2D eigenvalue weighted by Crippen LogP contribution is -2.25. The molecule has 0 aliphatic carbocycles. The highest BCUT2D eigenvalue weighted by Gasteiger charge is 2.30. The van der Waals surface area contributed by atoms with Crippen molar-refractivity contribution in [2.75, 3.05) is 11.9 Å². The number of aromatic nitrogens is 3. The second kappa shape index (κ2) is 10.0. The number of nitrogens with two attached hydrogens (primary N) is 1. The summed E-state index contributed by atoms with van der Waals surface area (Å²) in [6.07, 6.45) is 0.327. The Balaban J connectivity index is 1.63. The van der Waals surface area contributed by atoms with Gasteiger partial charge in [-0.3, -0.25) is 4.98 Å². The van der Waals surface area contributed by atoms with Crippen LogP contribution in [0.25, 0.3) is 22.4 Å². The molecule has 0 radical (unpaired) electrons. The summed E-state index contributed by atoms with van der Waals surface area (Å²) in [5, 5.41) is 3.22. The average molecular weight is 464 g/mol. The Hall–Kier alpha value is -3.78. The zero-order valence-corrected chi connectivity index (χ0v) is 18.5. The van der Waals surface area contributed by atoms with Gasteiger partial charge in [0.05, 0.1) is 11.3 Å². The lowest BCUT2D eigenvalue weighted by atomic mass is 9.95. The van der Waals surface area contributed by atoms with Crippen LogP contribution in [0.5, 0.6) is 0 Å². The van der Waals surface area contributed by atoms with Crippen molar-refractivity contribution >= 4 is 5.95 Å². The van der Waals surface area contributed by atoms with Crippen LogP contribution in [-0.2, 0) is 6.18 Å². The average Bonchev–Trinajstić information content (AvgIpc) is 2.87. The molecule has 2 aromatic heterocycles. The van der Waals surface area contributed by atoms with Crippen LogP contribution in [0.4, 0.5) is 19.1 Å². The fourth-order valence-electron chi connectivity index (χ4n) is 3.65. The van der Waals surface area contributed by atoms with Crippen LogP contribution < -0.4 is 11.1 Å². The maximum absolute atomic E-state index is 13.3. The lowest BCUT2D eigenvalue weighted by molar-refractivity contribution is -0.137. The summed E-state index contributed by atoms with van der Waals surface area (Å²) in [6.45, 7) is 2.56. The van der Waals surface area contributed by atoms with Crippen LogP contribution in [0.1, 0.15) is 24.1 Å². The Bertz CT molecular complexity index is 1230. The first-order valence-electron chi connectivity index (χ1n) is 10.8. The minimum atomic E-state index is -4.44. The van der Waals surface area contributed by atoms with Crippen molar-refractivity contribution in [3.63, 3.8) is 0 Å². The van der Waals surface area contributed by atoms with Crippen LogP contribution in [0.15, 0.2) is 85.3 Å². The highest BCUT2D eigenvalue weighted by molar-refractivity contribution is 5.81. The van der Waals surface area contributed by atoms with Gasteiger partial charge >= 0.3 is 6.18 Å². The SMILES string of the molecule is C[C@@H](CNc1ncc(-c2cccc(C(F)(F)F)c2)c(-c2ccncc2)n1)[C@@H](N)c1ccccc1. The van der Waals surface area contributed by atoms with Gasteiger partial charge in [0.2, 0.25) is 5.95 Å². The highest BCUT2D eigenvalue weighted by Crippen LogP contribution is 2.35.